The molecule has 5 heteroatoms. The van der Waals surface area contributed by atoms with Gasteiger partial charge in [0.05, 0.1) is 12.6 Å². The fraction of sp³-hybridized carbons (Fsp3) is 0.929. The Morgan fingerprint density at radius 1 is 1.37 bits per heavy atom. The molecule has 1 N–H and O–H groups in total. The molecule has 2 aliphatic rings. The molecule has 4 nitrogen and oxygen atoms in total. The third-order valence-electron chi connectivity index (χ3n) is 4.50. The Morgan fingerprint density at radius 2 is 1.95 bits per heavy atom. The van der Waals surface area contributed by atoms with Gasteiger partial charge in [-0.15, -0.1) is 12.4 Å². The lowest BCUT2D eigenvalue weighted by Gasteiger charge is -2.31. The van der Waals surface area contributed by atoms with Gasteiger partial charge in [-0.3, -0.25) is 4.79 Å². The Hall–Kier alpha value is -0.320. The van der Waals surface area contributed by atoms with E-state index in [9.17, 15) is 4.79 Å². The number of halogens is 1. The van der Waals surface area contributed by atoms with Gasteiger partial charge in [0.1, 0.15) is 0 Å². The second kappa shape index (κ2) is 7.46. The summed E-state index contributed by atoms with van der Waals surface area (Å²) in [6.07, 6.45) is 5.65. The van der Waals surface area contributed by atoms with Crippen LogP contribution in [0.1, 0.15) is 39.0 Å². The maximum Gasteiger partial charge on any atom is 0.222 e. The molecular weight excluding hydrogens is 264 g/mol. The van der Waals surface area contributed by atoms with Crippen molar-refractivity contribution in [3.05, 3.63) is 0 Å². The standard InChI is InChI=1S/C14H26N2O2.ClH/c1-10(9-18-3)16(2)14(17)8-11-6-12-4-5-13(7-11)15-12;/h10-13,15H,4-9H2,1-3H3;1H. The van der Waals surface area contributed by atoms with Gasteiger partial charge in [-0.2, -0.15) is 0 Å². The summed E-state index contributed by atoms with van der Waals surface area (Å²) in [6.45, 7) is 2.65. The van der Waals surface area contributed by atoms with Crippen LogP contribution in [-0.2, 0) is 9.53 Å². The van der Waals surface area contributed by atoms with Crippen molar-refractivity contribution in [2.24, 2.45) is 5.92 Å². The summed E-state index contributed by atoms with van der Waals surface area (Å²) in [5, 5.41) is 3.62. The van der Waals surface area contributed by atoms with Gasteiger partial charge in [0.25, 0.3) is 0 Å². The minimum absolute atomic E-state index is 0. The second-order valence-corrected chi connectivity index (χ2v) is 5.99. The molecule has 0 radical (unpaired) electrons. The topological polar surface area (TPSA) is 41.6 Å². The van der Waals surface area contributed by atoms with Crippen molar-refractivity contribution in [3.63, 3.8) is 0 Å². The third-order valence-corrected chi connectivity index (χ3v) is 4.50. The molecule has 2 bridgehead atoms. The van der Waals surface area contributed by atoms with Crippen LogP contribution in [0.2, 0.25) is 0 Å². The molecule has 2 aliphatic heterocycles. The number of nitrogens with one attached hydrogen (secondary N) is 1. The fourth-order valence-corrected chi connectivity index (χ4v) is 3.33. The van der Waals surface area contributed by atoms with Gasteiger partial charge in [-0.1, -0.05) is 0 Å². The second-order valence-electron chi connectivity index (χ2n) is 5.99. The van der Waals surface area contributed by atoms with E-state index in [1.165, 1.54) is 25.7 Å². The van der Waals surface area contributed by atoms with Gasteiger partial charge in [0, 0.05) is 32.7 Å². The number of nitrogens with zero attached hydrogens (tertiary/aromatic N) is 1. The number of hydrogen-bond donors (Lipinski definition) is 1. The summed E-state index contributed by atoms with van der Waals surface area (Å²) in [4.78, 5) is 14.1. The van der Waals surface area contributed by atoms with Crippen molar-refractivity contribution in [3.8, 4) is 0 Å². The Balaban J connectivity index is 0.00000180. The van der Waals surface area contributed by atoms with Crippen LogP contribution >= 0.6 is 12.4 Å². The van der Waals surface area contributed by atoms with E-state index in [0.29, 0.717) is 31.0 Å². The molecule has 19 heavy (non-hydrogen) atoms. The molecule has 2 rings (SSSR count). The highest BCUT2D eigenvalue weighted by molar-refractivity contribution is 5.85. The first-order valence-corrected chi connectivity index (χ1v) is 7.10. The zero-order valence-corrected chi connectivity index (χ0v) is 13.0. The molecule has 1 amide bonds. The van der Waals surface area contributed by atoms with E-state index in [1.807, 2.05) is 18.9 Å². The van der Waals surface area contributed by atoms with Crippen LogP contribution in [0.4, 0.5) is 0 Å². The summed E-state index contributed by atoms with van der Waals surface area (Å²) >= 11 is 0. The SMILES string of the molecule is COCC(C)N(C)C(=O)CC1CC2CCC(C1)N2.Cl. The van der Waals surface area contributed by atoms with E-state index in [-0.39, 0.29) is 24.4 Å². The van der Waals surface area contributed by atoms with Crippen molar-refractivity contribution in [2.75, 3.05) is 20.8 Å². The summed E-state index contributed by atoms with van der Waals surface area (Å²) < 4.78 is 5.11. The van der Waals surface area contributed by atoms with Crippen molar-refractivity contribution < 1.29 is 9.53 Å². The smallest absolute Gasteiger partial charge is 0.222 e. The first-order chi connectivity index (χ1) is 8.60. The average Bonchev–Trinajstić information content (AvgIpc) is 2.68. The quantitative estimate of drug-likeness (QED) is 0.840. The van der Waals surface area contributed by atoms with E-state index < -0.39 is 0 Å². The lowest BCUT2D eigenvalue weighted by molar-refractivity contribution is -0.133. The van der Waals surface area contributed by atoms with Gasteiger partial charge in [0.15, 0.2) is 0 Å². The fourth-order valence-electron chi connectivity index (χ4n) is 3.33. The molecule has 0 aromatic heterocycles. The highest BCUT2D eigenvalue weighted by atomic mass is 35.5. The molecule has 2 heterocycles. The molecule has 0 aliphatic carbocycles. The number of likely N-dealkylation sites (N-methyl/N-ethyl adjacent to an activating group) is 1. The van der Waals surface area contributed by atoms with Gasteiger partial charge in [-0.25, -0.2) is 0 Å². The van der Waals surface area contributed by atoms with E-state index in [0.717, 1.165) is 0 Å². The van der Waals surface area contributed by atoms with E-state index >= 15 is 0 Å². The number of carbonyl (C=O) groups is 1. The Kier molecular flexibility index (Phi) is 6.57. The maximum absolute atomic E-state index is 12.2. The van der Waals surface area contributed by atoms with E-state index in [2.05, 4.69) is 5.32 Å². The lowest BCUT2D eigenvalue weighted by atomic mass is 9.89. The Bertz CT molecular complexity index is 289. The first-order valence-electron chi connectivity index (χ1n) is 7.10. The van der Waals surface area contributed by atoms with E-state index in [4.69, 9.17) is 4.74 Å². The number of amides is 1. The van der Waals surface area contributed by atoms with Crippen LogP contribution in [0.25, 0.3) is 0 Å². The number of ether oxygens (including phenoxy) is 1. The first kappa shape index (κ1) is 16.7. The van der Waals surface area contributed by atoms with Crippen LogP contribution in [0.15, 0.2) is 0 Å². The highest BCUT2D eigenvalue weighted by Crippen LogP contribution is 2.32. The lowest BCUT2D eigenvalue weighted by Crippen LogP contribution is -2.42. The molecular formula is C14H27ClN2O2. The van der Waals surface area contributed by atoms with Crippen LogP contribution in [-0.4, -0.2) is 49.7 Å². The number of fused-ring (bicyclic) bond motifs is 2. The summed E-state index contributed by atoms with van der Waals surface area (Å²) in [5.74, 6) is 0.847. The molecule has 0 aromatic rings. The molecule has 112 valence electrons. The molecule has 3 atom stereocenters. The van der Waals surface area contributed by atoms with Crippen molar-refractivity contribution in [2.45, 2.75) is 57.2 Å². The summed E-state index contributed by atoms with van der Waals surface area (Å²) in [7, 11) is 3.57. The average molecular weight is 291 g/mol. The molecule has 2 fully saturated rings. The summed E-state index contributed by atoms with van der Waals surface area (Å²) in [5.41, 5.74) is 0. The normalized spacial score (nSPS) is 30.6. The predicted molar refractivity (Wildman–Crippen MR) is 78.6 cm³/mol. The molecule has 2 saturated heterocycles. The maximum atomic E-state index is 12.2. The van der Waals surface area contributed by atoms with Crippen LogP contribution in [0.3, 0.4) is 0 Å². The van der Waals surface area contributed by atoms with Gasteiger partial charge < -0.3 is 15.0 Å². The van der Waals surface area contributed by atoms with Crippen molar-refractivity contribution >= 4 is 18.3 Å². The van der Waals surface area contributed by atoms with Crippen molar-refractivity contribution in [1.29, 1.82) is 0 Å². The number of piperidine rings is 1. The molecule has 3 unspecified atom stereocenters. The zero-order chi connectivity index (χ0) is 13.1. The number of methoxy groups -OCH3 is 1. The zero-order valence-electron chi connectivity index (χ0n) is 12.2. The van der Waals surface area contributed by atoms with Crippen LogP contribution in [0.5, 0.6) is 0 Å². The molecule has 0 spiro atoms. The number of hydrogen-bond acceptors (Lipinski definition) is 3. The van der Waals surface area contributed by atoms with Gasteiger partial charge in [-0.05, 0) is 38.5 Å². The molecule has 0 aromatic carbocycles. The minimum Gasteiger partial charge on any atom is -0.383 e. The van der Waals surface area contributed by atoms with E-state index in [1.54, 1.807) is 7.11 Å². The van der Waals surface area contributed by atoms with Crippen LogP contribution in [0, 0.1) is 5.92 Å². The predicted octanol–water partition coefficient (Wildman–Crippen LogP) is 1.82. The van der Waals surface area contributed by atoms with Gasteiger partial charge >= 0.3 is 0 Å². The number of rotatable bonds is 5. The third kappa shape index (κ3) is 4.33. The minimum atomic E-state index is 0. The number of carbonyl (C=O) groups excluding carboxylic acids is 1. The summed E-state index contributed by atoms with van der Waals surface area (Å²) in [6, 6.07) is 1.51. The van der Waals surface area contributed by atoms with Crippen LogP contribution < -0.4 is 5.32 Å². The monoisotopic (exact) mass is 290 g/mol. The van der Waals surface area contributed by atoms with Gasteiger partial charge in [0.2, 0.25) is 5.91 Å². The molecule has 0 saturated carbocycles. The Morgan fingerprint density at radius 3 is 2.47 bits per heavy atom. The highest BCUT2D eigenvalue weighted by Gasteiger charge is 2.34. The van der Waals surface area contributed by atoms with Crippen molar-refractivity contribution in [1.82, 2.24) is 10.2 Å². The largest absolute Gasteiger partial charge is 0.383 e. The Labute approximate surface area is 122 Å².